The molecule has 0 atom stereocenters. The Hall–Kier alpha value is -1.42. The molecule has 0 aliphatic rings. The van der Waals surface area contributed by atoms with Crippen LogP contribution in [0.5, 0.6) is 5.75 Å². The number of hydrogen-bond acceptors (Lipinski definition) is 3. The zero-order valence-corrected chi connectivity index (χ0v) is 10.3. The summed E-state index contributed by atoms with van der Waals surface area (Å²) in [6.45, 7) is 2.51. The van der Waals surface area contributed by atoms with Crippen LogP contribution in [0.4, 0.5) is 5.69 Å². The number of nitrogen functional groups attached to an aromatic ring is 1. The highest BCUT2D eigenvalue weighted by Gasteiger charge is 2.17. The molecular weight excluding hydrogens is 228 g/mol. The van der Waals surface area contributed by atoms with Crippen LogP contribution in [0.15, 0.2) is 12.1 Å². The Balaban J connectivity index is 3.21. The minimum atomic E-state index is -0.138. The predicted octanol–water partition coefficient (Wildman–Crippen LogP) is 2.02. The predicted molar refractivity (Wildman–Crippen MR) is 65.1 cm³/mol. The van der Waals surface area contributed by atoms with Crippen LogP contribution in [0.25, 0.3) is 0 Å². The molecule has 0 heterocycles. The van der Waals surface area contributed by atoms with Crippen molar-refractivity contribution in [3.63, 3.8) is 0 Å². The Bertz CT molecular complexity index is 407. The second kappa shape index (κ2) is 5.07. The summed E-state index contributed by atoms with van der Waals surface area (Å²) in [5, 5.41) is 0.355. The van der Waals surface area contributed by atoms with E-state index in [9.17, 15) is 4.79 Å². The maximum absolute atomic E-state index is 12.0. The highest BCUT2D eigenvalue weighted by atomic mass is 35.5. The van der Waals surface area contributed by atoms with Crippen molar-refractivity contribution < 1.29 is 9.53 Å². The Morgan fingerprint density at radius 1 is 1.56 bits per heavy atom. The van der Waals surface area contributed by atoms with Crippen LogP contribution in [0.3, 0.4) is 0 Å². The molecule has 88 valence electrons. The van der Waals surface area contributed by atoms with E-state index in [4.69, 9.17) is 22.1 Å². The van der Waals surface area contributed by atoms with E-state index < -0.39 is 0 Å². The molecule has 0 spiro atoms. The minimum absolute atomic E-state index is 0.138. The van der Waals surface area contributed by atoms with Gasteiger partial charge in [-0.25, -0.2) is 0 Å². The summed E-state index contributed by atoms with van der Waals surface area (Å²) in [4.78, 5) is 13.5. The van der Waals surface area contributed by atoms with Gasteiger partial charge in [-0.1, -0.05) is 11.6 Å². The molecule has 0 radical (unpaired) electrons. The third kappa shape index (κ3) is 2.39. The molecule has 1 aromatic rings. The van der Waals surface area contributed by atoms with Crippen molar-refractivity contribution in [3.8, 4) is 5.75 Å². The van der Waals surface area contributed by atoms with Crippen LogP contribution in [-0.4, -0.2) is 31.5 Å². The molecule has 1 amide bonds. The van der Waals surface area contributed by atoms with Crippen LogP contribution < -0.4 is 10.5 Å². The molecule has 0 aliphatic heterocycles. The van der Waals surface area contributed by atoms with Crippen LogP contribution in [0.1, 0.15) is 17.3 Å². The molecule has 0 unspecified atom stereocenters. The van der Waals surface area contributed by atoms with Gasteiger partial charge in [-0.3, -0.25) is 4.79 Å². The van der Waals surface area contributed by atoms with E-state index >= 15 is 0 Å². The number of carbonyl (C=O) groups is 1. The average molecular weight is 243 g/mol. The zero-order chi connectivity index (χ0) is 12.3. The van der Waals surface area contributed by atoms with Crippen LogP contribution >= 0.6 is 11.6 Å². The fourth-order valence-electron chi connectivity index (χ4n) is 1.25. The smallest absolute Gasteiger partial charge is 0.257 e. The van der Waals surface area contributed by atoms with Gasteiger partial charge in [0, 0.05) is 19.7 Å². The van der Waals surface area contributed by atoms with Crippen LogP contribution in [0.2, 0.25) is 5.02 Å². The average Bonchev–Trinajstić information content (AvgIpc) is 2.30. The highest BCUT2D eigenvalue weighted by Crippen LogP contribution is 2.29. The number of hydrogen-bond donors (Lipinski definition) is 1. The Labute approximate surface area is 99.9 Å². The van der Waals surface area contributed by atoms with Crippen LogP contribution in [0, 0.1) is 0 Å². The maximum atomic E-state index is 12.0. The Morgan fingerprint density at radius 3 is 2.69 bits per heavy atom. The number of benzene rings is 1. The first-order valence-electron chi connectivity index (χ1n) is 4.89. The number of nitrogens with zero attached hydrogens (tertiary/aromatic N) is 1. The SMILES string of the molecule is CCN(C)C(=O)c1cc(Cl)c(N)cc1OC. The van der Waals surface area contributed by atoms with E-state index in [1.54, 1.807) is 18.0 Å². The lowest BCUT2D eigenvalue weighted by atomic mass is 10.1. The zero-order valence-electron chi connectivity index (χ0n) is 9.58. The Morgan fingerprint density at radius 2 is 2.19 bits per heavy atom. The summed E-state index contributed by atoms with van der Waals surface area (Å²) in [6.07, 6.45) is 0. The number of amides is 1. The molecular formula is C11H15ClN2O2. The van der Waals surface area contributed by atoms with Crippen molar-refractivity contribution in [1.29, 1.82) is 0 Å². The first-order valence-corrected chi connectivity index (χ1v) is 5.27. The van der Waals surface area contributed by atoms with Gasteiger partial charge in [-0.05, 0) is 13.0 Å². The van der Waals surface area contributed by atoms with E-state index in [0.717, 1.165) is 0 Å². The normalized spacial score (nSPS) is 10.0. The van der Waals surface area contributed by atoms with E-state index in [-0.39, 0.29) is 5.91 Å². The maximum Gasteiger partial charge on any atom is 0.257 e. The molecule has 0 aromatic heterocycles. The van der Waals surface area contributed by atoms with E-state index in [1.165, 1.54) is 13.2 Å². The summed E-state index contributed by atoms with van der Waals surface area (Å²) < 4.78 is 5.11. The summed E-state index contributed by atoms with van der Waals surface area (Å²) in [5.74, 6) is 0.299. The molecule has 4 nitrogen and oxygen atoms in total. The first-order chi connectivity index (χ1) is 7.51. The summed E-state index contributed by atoms with van der Waals surface area (Å²) in [5.41, 5.74) is 6.46. The van der Waals surface area contributed by atoms with Crippen molar-refractivity contribution in [1.82, 2.24) is 4.90 Å². The monoisotopic (exact) mass is 242 g/mol. The number of methoxy groups -OCH3 is 1. The van der Waals surface area contributed by atoms with Crippen molar-refractivity contribution in [2.75, 3.05) is 26.4 Å². The molecule has 5 heteroatoms. The molecule has 0 saturated heterocycles. The van der Waals surface area contributed by atoms with Gasteiger partial charge in [-0.2, -0.15) is 0 Å². The summed E-state index contributed by atoms with van der Waals surface area (Å²) in [7, 11) is 3.21. The van der Waals surface area contributed by atoms with Gasteiger partial charge in [0.1, 0.15) is 5.75 Å². The van der Waals surface area contributed by atoms with Crippen molar-refractivity contribution in [2.45, 2.75) is 6.92 Å². The number of anilines is 1. The number of rotatable bonds is 3. The van der Waals surface area contributed by atoms with Gasteiger partial charge < -0.3 is 15.4 Å². The fourth-order valence-corrected chi connectivity index (χ4v) is 1.42. The minimum Gasteiger partial charge on any atom is -0.496 e. The first kappa shape index (κ1) is 12.6. The summed E-state index contributed by atoms with van der Waals surface area (Å²) in [6, 6.07) is 3.09. The van der Waals surface area contributed by atoms with Crippen molar-refractivity contribution in [2.24, 2.45) is 0 Å². The molecule has 0 aliphatic carbocycles. The molecule has 0 bridgehead atoms. The third-order valence-corrected chi connectivity index (χ3v) is 2.70. The van der Waals surface area contributed by atoms with E-state index in [2.05, 4.69) is 0 Å². The molecule has 0 fully saturated rings. The van der Waals surface area contributed by atoms with Gasteiger partial charge in [0.25, 0.3) is 5.91 Å². The van der Waals surface area contributed by atoms with Gasteiger partial charge in [0.2, 0.25) is 0 Å². The van der Waals surface area contributed by atoms with Crippen molar-refractivity contribution in [3.05, 3.63) is 22.7 Å². The second-order valence-corrected chi connectivity index (χ2v) is 3.80. The quantitative estimate of drug-likeness (QED) is 0.825. The van der Waals surface area contributed by atoms with Crippen molar-refractivity contribution >= 4 is 23.2 Å². The Kier molecular flexibility index (Phi) is 4.01. The largest absolute Gasteiger partial charge is 0.496 e. The molecule has 16 heavy (non-hydrogen) atoms. The molecule has 1 aromatic carbocycles. The number of halogens is 1. The van der Waals surface area contributed by atoms with Crippen LogP contribution in [-0.2, 0) is 0 Å². The highest BCUT2D eigenvalue weighted by molar-refractivity contribution is 6.33. The van der Waals surface area contributed by atoms with Gasteiger partial charge in [0.15, 0.2) is 0 Å². The number of nitrogens with two attached hydrogens (primary N) is 1. The lowest BCUT2D eigenvalue weighted by Gasteiger charge is -2.17. The fraction of sp³-hybridized carbons (Fsp3) is 0.364. The lowest BCUT2D eigenvalue weighted by molar-refractivity contribution is 0.0799. The third-order valence-electron chi connectivity index (χ3n) is 2.37. The number of carbonyl (C=O) groups excluding carboxylic acids is 1. The van der Waals surface area contributed by atoms with E-state index in [0.29, 0.717) is 28.6 Å². The van der Waals surface area contributed by atoms with Gasteiger partial charge in [0.05, 0.1) is 23.4 Å². The van der Waals surface area contributed by atoms with E-state index in [1.807, 2.05) is 6.92 Å². The number of ether oxygens (including phenoxy) is 1. The summed E-state index contributed by atoms with van der Waals surface area (Å²) >= 11 is 5.88. The standard InChI is InChI=1S/C11H15ClN2O2/c1-4-14(2)11(15)7-5-8(12)9(13)6-10(7)16-3/h5-6H,4,13H2,1-3H3. The molecule has 2 N–H and O–H groups in total. The second-order valence-electron chi connectivity index (χ2n) is 3.39. The van der Waals surface area contributed by atoms with Gasteiger partial charge >= 0.3 is 0 Å². The topological polar surface area (TPSA) is 55.6 Å². The lowest BCUT2D eigenvalue weighted by Crippen LogP contribution is -2.26. The molecule has 1 rings (SSSR count). The molecule has 0 saturated carbocycles. The van der Waals surface area contributed by atoms with Gasteiger partial charge in [-0.15, -0.1) is 0 Å².